The highest BCUT2D eigenvalue weighted by molar-refractivity contribution is 5.85. The number of benzene rings is 2. The highest BCUT2D eigenvalue weighted by Gasteiger charge is 2.54. The third-order valence-corrected chi connectivity index (χ3v) is 7.28. The maximum atomic E-state index is 16.2. The quantitative estimate of drug-likeness (QED) is 0.663. The van der Waals surface area contributed by atoms with Crippen molar-refractivity contribution in [2.24, 2.45) is 0 Å². The Morgan fingerprint density at radius 1 is 1.07 bits per heavy atom. The van der Waals surface area contributed by atoms with Crippen LogP contribution in [0.2, 0.25) is 0 Å². The molecule has 0 bridgehead atoms. The molecule has 152 valence electrons. The number of hydrogen-bond acceptors (Lipinski definition) is 2. The lowest BCUT2D eigenvalue weighted by atomic mass is 9.65. The Morgan fingerprint density at radius 3 is 2.66 bits per heavy atom. The Morgan fingerprint density at radius 2 is 1.90 bits per heavy atom. The molecule has 1 spiro atoms. The number of alkyl halides is 1. The second-order valence-corrected chi connectivity index (χ2v) is 8.78. The van der Waals surface area contributed by atoms with Gasteiger partial charge in [0.25, 0.3) is 0 Å². The number of H-pyrrole nitrogens is 1. The Labute approximate surface area is 170 Å². The maximum absolute atomic E-state index is 16.2. The van der Waals surface area contributed by atoms with Crippen LogP contribution >= 0.6 is 0 Å². The van der Waals surface area contributed by atoms with Gasteiger partial charge < -0.3 is 10.3 Å². The molecule has 5 heteroatoms. The summed E-state index contributed by atoms with van der Waals surface area (Å²) in [6, 6.07) is 14.9. The van der Waals surface area contributed by atoms with E-state index in [4.69, 9.17) is 0 Å². The first-order valence-electron chi connectivity index (χ1n) is 10.4. The van der Waals surface area contributed by atoms with Crippen molar-refractivity contribution >= 4 is 10.9 Å². The molecule has 29 heavy (non-hydrogen) atoms. The van der Waals surface area contributed by atoms with Crippen LogP contribution in [0.25, 0.3) is 10.9 Å². The van der Waals surface area contributed by atoms with Crippen LogP contribution in [0.4, 0.5) is 8.78 Å². The normalized spacial score (nSPS) is 29.5. The summed E-state index contributed by atoms with van der Waals surface area (Å²) in [6.07, 6.45) is 1.55. The molecule has 2 aromatic carbocycles. The number of aromatic nitrogens is 1. The van der Waals surface area contributed by atoms with E-state index in [0.717, 1.165) is 36.2 Å². The number of hydrogen-bond donors (Lipinski definition) is 2. The van der Waals surface area contributed by atoms with Gasteiger partial charge in [-0.1, -0.05) is 30.3 Å². The molecular formula is C24H27F2N3. The Kier molecular flexibility index (Phi) is 4.30. The Balaban J connectivity index is 1.58. The van der Waals surface area contributed by atoms with Gasteiger partial charge in [0, 0.05) is 35.1 Å². The summed E-state index contributed by atoms with van der Waals surface area (Å²) in [5.41, 5.74) is 2.95. The summed E-state index contributed by atoms with van der Waals surface area (Å²) < 4.78 is 30.2. The first kappa shape index (κ1) is 18.8. The molecule has 5 rings (SSSR count). The largest absolute Gasteiger partial charge is 0.357 e. The molecule has 2 N–H and O–H groups in total. The van der Waals surface area contributed by atoms with Crippen molar-refractivity contribution in [3.05, 3.63) is 71.2 Å². The number of fused-ring (bicyclic) bond motifs is 4. The lowest BCUT2D eigenvalue weighted by Crippen LogP contribution is -2.61. The van der Waals surface area contributed by atoms with Crippen LogP contribution in [0.5, 0.6) is 0 Å². The lowest BCUT2D eigenvalue weighted by Gasteiger charge is -2.53. The predicted octanol–water partition coefficient (Wildman–Crippen LogP) is 4.63. The molecule has 2 aliphatic rings. The fraction of sp³-hybridized carbons (Fsp3) is 0.417. The zero-order valence-corrected chi connectivity index (χ0v) is 16.9. The molecule has 0 amide bonds. The van der Waals surface area contributed by atoms with Gasteiger partial charge in [-0.15, -0.1) is 0 Å². The molecule has 3 unspecified atom stereocenters. The van der Waals surface area contributed by atoms with E-state index < -0.39 is 17.2 Å². The highest BCUT2D eigenvalue weighted by Crippen LogP contribution is 2.51. The summed E-state index contributed by atoms with van der Waals surface area (Å²) in [5, 5.41) is 4.74. The number of halogens is 2. The van der Waals surface area contributed by atoms with Gasteiger partial charge in [-0.3, -0.25) is 4.90 Å². The minimum absolute atomic E-state index is 0.270. The fourth-order valence-electron chi connectivity index (χ4n) is 5.66. The predicted molar refractivity (Wildman–Crippen MR) is 112 cm³/mol. The number of rotatable bonds is 2. The average molecular weight is 395 g/mol. The fourth-order valence-corrected chi connectivity index (χ4v) is 5.66. The minimum atomic E-state index is -1.09. The van der Waals surface area contributed by atoms with Gasteiger partial charge in [0.2, 0.25) is 0 Å². The zero-order valence-electron chi connectivity index (χ0n) is 16.9. The van der Waals surface area contributed by atoms with Crippen LogP contribution in [0, 0.1) is 5.82 Å². The zero-order chi connectivity index (χ0) is 20.2. The van der Waals surface area contributed by atoms with E-state index in [-0.39, 0.29) is 5.82 Å². The van der Waals surface area contributed by atoms with E-state index in [1.807, 2.05) is 32.3 Å². The van der Waals surface area contributed by atoms with Crippen molar-refractivity contribution in [3.8, 4) is 0 Å². The summed E-state index contributed by atoms with van der Waals surface area (Å²) in [4.78, 5) is 5.60. The van der Waals surface area contributed by atoms with Gasteiger partial charge in [0.05, 0.1) is 5.54 Å². The molecule has 0 saturated heterocycles. The standard InChI is InChI=1S/C24H27F2N3/c1-29(2)23(16-6-5-7-17(25)14-16)11-12-24(21(26)15-23)22-19(10-13-27-24)18-8-3-4-9-20(18)28-22/h3-9,14,21,27-28H,10-13,15H2,1-2H3. The van der Waals surface area contributed by atoms with Crippen molar-refractivity contribution in [2.45, 2.75) is 42.9 Å². The highest BCUT2D eigenvalue weighted by atomic mass is 19.1. The Bertz CT molecular complexity index is 1060. The maximum Gasteiger partial charge on any atom is 0.126 e. The number of nitrogens with one attached hydrogen (secondary N) is 2. The van der Waals surface area contributed by atoms with E-state index in [2.05, 4.69) is 27.3 Å². The van der Waals surface area contributed by atoms with Crippen molar-refractivity contribution in [2.75, 3.05) is 20.6 Å². The van der Waals surface area contributed by atoms with Crippen molar-refractivity contribution in [1.82, 2.24) is 15.2 Å². The van der Waals surface area contributed by atoms with Crippen molar-refractivity contribution in [3.63, 3.8) is 0 Å². The summed E-state index contributed by atoms with van der Waals surface area (Å²) in [7, 11) is 3.94. The molecule has 1 fully saturated rings. The smallest absolute Gasteiger partial charge is 0.126 e. The van der Waals surface area contributed by atoms with Crippen molar-refractivity contribution in [1.29, 1.82) is 0 Å². The van der Waals surface area contributed by atoms with E-state index in [1.165, 1.54) is 17.0 Å². The van der Waals surface area contributed by atoms with Gasteiger partial charge >= 0.3 is 0 Å². The number of para-hydroxylation sites is 1. The van der Waals surface area contributed by atoms with E-state index in [1.54, 1.807) is 12.1 Å². The van der Waals surface area contributed by atoms with Crippen LogP contribution in [0.1, 0.15) is 36.1 Å². The molecule has 1 saturated carbocycles. The van der Waals surface area contributed by atoms with Gasteiger partial charge in [0.1, 0.15) is 12.0 Å². The molecule has 0 radical (unpaired) electrons. The third kappa shape index (κ3) is 2.67. The van der Waals surface area contributed by atoms with Crippen LogP contribution in [-0.2, 0) is 17.5 Å². The molecular weight excluding hydrogens is 368 g/mol. The van der Waals surface area contributed by atoms with Gasteiger partial charge in [0.15, 0.2) is 0 Å². The van der Waals surface area contributed by atoms with E-state index >= 15 is 4.39 Å². The molecule has 1 aliphatic heterocycles. The van der Waals surface area contributed by atoms with Gasteiger partial charge in [-0.05, 0) is 62.7 Å². The molecule has 2 heterocycles. The SMILES string of the molecule is CN(C)C1(c2cccc(F)c2)CCC2(NCCc3c2[nH]c2ccccc32)C(F)C1. The third-order valence-electron chi connectivity index (χ3n) is 7.28. The lowest BCUT2D eigenvalue weighted by molar-refractivity contribution is -0.0148. The second-order valence-electron chi connectivity index (χ2n) is 8.78. The summed E-state index contributed by atoms with van der Waals surface area (Å²) >= 11 is 0. The topological polar surface area (TPSA) is 31.1 Å². The molecule has 3 nitrogen and oxygen atoms in total. The molecule has 3 atom stereocenters. The van der Waals surface area contributed by atoms with E-state index in [9.17, 15) is 4.39 Å². The van der Waals surface area contributed by atoms with Crippen LogP contribution in [-0.4, -0.2) is 36.7 Å². The molecule has 1 aliphatic carbocycles. The van der Waals surface area contributed by atoms with E-state index in [0.29, 0.717) is 12.8 Å². The minimum Gasteiger partial charge on any atom is -0.357 e. The summed E-state index contributed by atoms with van der Waals surface area (Å²) in [5.74, 6) is -0.270. The monoisotopic (exact) mass is 395 g/mol. The first-order valence-corrected chi connectivity index (χ1v) is 10.4. The van der Waals surface area contributed by atoms with Crippen LogP contribution in [0.15, 0.2) is 48.5 Å². The van der Waals surface area contributed by atoms with Gasteiger partial charge in [-0.2, -0.15) is 0 Å². The van der Waals surface area contributed by atoms with Gasteiger partial charge in [-0.25, -0.2) is 8.78 Å². The van der Waals surface area contributed by atoms with Crippen LogP contribution < -0.4 is 5.32 Å². The molecule has 1 aromatic heterocycles. The molecule has 3 aromatic rings. The Hall–Kier alpha value is -2.24. The number of nitrogens with zero attached hydrogens (tertiary/aromatic N) is 1. The average Bonchev–Trinajstić information content (AvgIpc) is 3.10. The number of aromatic amines is 1. The first-order chi connectivity index (χ1) is 14.0. The van der Waals surface area contributed by atoms with Crippen molar-refractivity contribution < 1.29 is 8.78 Å². The second kappa shape index (κ2) is 6.64. The summed E-state index contributed by atoms with van der Waals surface area (Å²) in [6.45, 7) is 0.768. The van der Waals surface area contributed by atoms with Crippen LogP contribution in [0.3, 0.4) is 0 Å².